The van der Waals surface area contributed by atoms with Crippen molar-refractivity contribution in [2.75, 3.05) is 13.2 Å². The predicted molar refractivity (Wildman–Crippen MR) is 288 cm³/mol. The Balaban J connectivity index is 4.35. The maximum atomic E-state index is 12.9. The van der Waals surface area contributed by atoms with Gasteiger partial charge in [-0.3, -0.25) is 14.4 Å². The maximum absolute atomic E-state index is 12.9. The predicted octanol–water partition coefficient (Wildman–Crippen LogP) is 19.2. The lowest BCUT2D eigenvalue weighted by molar-refractivity contribution is -0.167. The van der Waals surface area contributed by atoms with E-state index in [1.165, 1.54) is 154 Å². The van der Waals surface area contributed by atoms with Crippen molar-refractivity contribution in [1.82, 2.24) is 0 Å². The second-order valence-corrected chi connectivity index (χ2v) is 19.1. The second kappa shape index (κ2) is 55.7. The molecule has 0 aliphatic heterocycles. The van der Waals surface area contributed by atoms with Gasteiger partial charge in [-0.25, -0.2) is 0 Å². The lowest BCUT2D eigenvalue weighted by Crippen LogP contribution is -2.30. The molecule has 6 heteroatoms. The van der Waals surface area contributed by atoms with Gasteiger partial charge < -0.3 is 14.2 Å². The number of hydrogen-bond donors (Lipinski definition) is 0. The summed E-state index contributed by atoms with van der Waals surface area (Å²) in [5, 5.41) is 0. The SMILES string of the molecule is CC/C=C\C/C=C\C/C=C\CCCCCCCCCCCC(=O)OCC(COC(=O)CCCCCCCCC/C=C\C/C=C\CC)OC(=O)CCCCCCCCCCCCCCCCCC. The molecule has 0 aromatic heterocycles. The van der Waals surface area contributed by atoms with Crippen LogP contribution in [0.4, 0.5) is 0 Å². The van der Waals surface area contributed by atoms with Gasteiger partial charge >= 0.3 is 17.9 Å². The highest BCUT2D eigenvalue weighted by Gasteiger charge is 2.19. The molecule has 0 bridgehead atoms. The van der Waals surface area contributed by atoms with Gasteiger partial charge in [0.15, 0.2) is 6.10 Å². The molecule has 1 atom stereocenters. The first-order valence-electron chi connectivity index (χ1n) is 28.8. The van der Waals surface area contributed by atoms with Crippen LogP contribution in [0.2, 0.25) is 0 Å². The number of carbonyl (C=O) groups excluding carboxylic acids is 3. The molecule has 0 fully saturated rings. The summed E-state index contributed by atoms with van der Waals surface area (Å²) in [4.78, 5) is 38.2. The molecular weight excluding hydrogens is 829 g/mol. The van der Waals surface area contributed by atoms with Gasteiger partial charge in [0.25, 0.3) is 0 Å². The fourth-order valence-corrected chi connectivity index (χ4v) is 8.26. The van der Waals surface area contributed by atoms with Gasteiger partial charge in [-0.1, -0.05) is 255 Å². The van der Waals surface area contributed by atoms with Crippen molar-refractivity contribution in [2.24, 2.45) is 0 Å². The van der Waals surface area contributed by atoms with Gasteiger partial charge in [0.2, 0.25) is 0 Å². The molecule has 0 saturated carbocycles. The van der Waals surface area contributed by atoms with Crippen LogP contribution < -0.4 is 0 Å². The van der Waals surface area contributed by atoms with Gasteiger partial charge in [-0.05, 0) is 77.0 Å². The molecule has 0 amide bonds. The lowest BCUT2D eigenvalue weighted by atomic mass is 10.0. The van der Waals surface area contributed by atoms with Crippen LogP contribution in [0.25, 0.3) is 0 Å². The quantitative estimate of drug-likeness (QED) is 0.0262. The van der Waals surface area contributed by atoms with Crippen molar-refractivity contribution >= 4 is 17.9 Å². The molecule has 0 saturated heterocycles. The highest BCUT2D eigenvalue weighted by molar-refractivity contribution is 5.71. The molecule has 0 N–H and O–H groups in total. The van der Waals surface area contributed by atoms with E-state index in [0.717, 1.165) is 96.3 Å². The number of allylic oxidation sites excluding steroid dienone is 10. The normalized spacial score (nSPS) is 12.5. The molecule has 0 heterocycles. The van der Waals surface area contributed by atoms with Gasteiger partial charge in [0.1, 0.15) is 13.2 Å². The van der Waals surface area contributed by atoms with E-state index in [4.69, 9.17) is 14.2 Å². The average molecular weight is 938 g/mol. The van der Waals surface area contributed by atoms with Crippen LogP contribution in [0, 0.1) is 0 Å². The summed E-state index contributed by atoms with van der Waals surface area (Å²) in [6.45, 7) is 6.45. The number of ether oxygens (including phenoxy) is 3. The first-order valence-corrected chi connectivity index (χ1v) is 28.8. The van der Waals surface area contributed by atoms with Crippen molar-refractivity contribution in [1.29, 1.82) is 0 Å². The van der Waals surface area contributed by atoms with Crippen LogP contribution in [-0.4, -0.2) is 37.2 Å². The van der Waals surface area contributed by atoms with Crippen LogP contribution in [-0.2, 0) is 28.6 Å². The minimum absolute atomic E-state index is 0.0771. The Morgan fingerprint density at radius 2 is 0.582 bits per heavy atom. The smallest absolute Gasteiger partial charge is 0.306 e. The summed E-state index contributed by atoms with van der Waals surface area (Å²) in [7, 11) is 0. The fourth-order valence-electron chi connectivity index (χ4n) is 8.26. The van der Waals surface area contributed by atoms with Crippen molar-refractivity contribution in [2.45, 2.75) is 297 Å². The minimum Gasteiger partial charge on any atom is -0.462 e. The topological polar surface area (TPSA) is 78.9 Å². The Kier molecular flexibility index (Phi) is 53.3. The van der Waals surface area contributed by atoms with Crippen LogP contribution in [0.1, 0.15) is 290 Å². The molecule has 0 aliphatic rings. The van der Waals surface area contributed by atoms with Gasteiger partial charge in [-0.15, -0.1) is 0 Å². The molecule has 0 aromatic rings. The standard InChI is InChI=1S/C61H108O6/c1-4-7-10-13-16-19-22-25-28-30-31-32-34-36-39-42-45-48-51-54-60(63)66-57-58(56-65-59(62)53-50-47-44-41-38-35-27-24-21-18-15-12-9-6-3)67-61(64)55-52-49-46-43-40-37-33-29-26-23-20-17-14-11-8-5-2/h7,9-10,12,16,18-19,21,25,28,58H,4-6,8,11,13-15,17,20,22-24,26-27,29-57H2,1-3H3/b10-7-,12-9-,19-16-,21-18-,28-25-. The zero-order valence-corrected chi connectivity index (χ0v) is 44.4. The van der Waals surface area contributed by atoms with E-state index in [9.17, 15) is 14.4 Å². The molecule has 0 aromatic carbocycles. The molecule has 0 radical (unpaired) electrons. The average Bonchev–Trinajstić information content (AvgIpc) is 3.33. The Labute approximate surface area is 415 Å². The number of carbonyl (C=O) groups is 3. The highest BCUT2D eigenvalue weighted by atomic mass is 16.6. The summed E-state index contributed by atoms with van der Waals surface area (Å²) < 4.78 is 16.9. The second-order valence-electron chi connectivity index (χ2n) is 19.1. The first-order chi connectivity index (χ1) is 33.0. The van der Waals surface area contributed by atoms with E-state index in [0.29, 0.717) is 19.3 Å². The molecule has 67 heavy (non-hydrogen) atoms. The summed E-state index contributed by atoms with van der Waals surface area (Å²) in [6.07, 6.45) is 69.2. The summed E-state index contributed by atoms with van der Waals surface area (Å²) >= 11 is 0. The Bertz CT molecular complexity index is 1210. The summed E-state index contributed by atoms with van der Waals surface area (Å²) in [5.74, 6) is -0.877. The fraction of sp³-hybridized carbons (Fsp3) is 0.787. The summed E-state index contributed by atoms with van der Waals surface area (Å²) in [5.41, 5.74) is 0. The van der Waals surface area contributed by atoms with Gasteiger partial charge in [-0.2, -0.15) is 0 Å². The van der Waals surface area contributed by atoms with Crippen LogP contribution >= 0.6 is 0 Å². The van der Waals surface area contributed by atoms with Crippen molar-refractivity contribution in [3.05, 3.63) is 60.8 Å². The lowest BCUT2D eigenvalue weighted by Gasteiger charge is -2.18. The van der Waals surface area contributed by atoms with E-state index >= 15 is 0 Å². The van der Waals surface area contributed by atoms with Gasteiger partial charge in [0, 0.05) is 19.3 Å². The third kappa shape index (κ3) is 53.9. The zero-order valence-electron chi connectivity index (χ0n) is 44.4. The Hall–Kier alpha value is -2.89. The molecule has 1 unspecified atom stereocenters. The highest BCUT2D eigenvalue weighted by Crippen LogP contribution is 2.16. The number of rotatable bonds is 52. The van der Waals surface area contributed by atoms with E-state index < -0.39 is 6.10 Å². The first kappa shape index (κ1) is 64.1. The number of unbranched alkanes of at least 4 members (excludes halogenated alkanes) is 31. The van der Waals surface area contributed by atoms with Crippen molar-refractivity contribution < 1.29 is 28.6 Å². The molecule has 388 valence electrons. The number of esters is 3. The maximum Gasteiger partial charge on any atom is 0.306 e. The minimum atomic E-state index is -0.778. The molecule has 0 spiro atoms. The van der Waals surface area contributed by atoms with Crippen molar-refractivity contribution in [3.8, 4) is 0 Å². The van der Waals surface area contributed by atoms with E-state index in [-0.39, 0.29) is 31.1 Å². The monoisotopic (exact) mass is 937 g/mol. The van der Waals surface area contributed by atoms with Crippen LogP contribution in [0.3, 0.4) is 0 Å². The van der Waals surface area contributed by atoms with Crippen LogP contribution in [0.5, 0.6) is 0 Å². The third-order valence-electron chi connectivity index (χ3n) is 12.5. The molecule has 0 rings (SSSR count). The molecule has 6 nitrogen and oxygen atoms in total. The number of hydrogen-bond acceptors (Lipinski definition) is 6. The zero-order chi connectivity index (χ0) is 48.6. The van der Waals surface area contributed by atoms with Gasteiger partial charge in [0.05, 0.1) is 0 Å². The third-order valence-corrected chi connectivity index (χ3v) is 12.5. The Morgan fingerprint density at radius 3 is 0.910 bits per heavy atom. The molecule has 0 aliphatic carbocycles. The van der Waals surface area contributed by atoms with E-state index in [1.807, 2.05) is 0 Å². The largest absolute Gasteiger partial charge is 0.462 e. The van der Waals surface area contributed by atoms with Crippen molar-refractivity contribution in [3.63, 3.8) is 0 Å². The summed E-state index contributed by atoms with van der Waals surface area (Å²) in [6, 6.07) is 0. The van der Waals surface area contributed by atoms with E-state index in [2.05, 4.69) is 81.5 Å². The van der Waals surface area contributed by atoms with E-state index in [1.54, 1.807) is 0 Å². The Morgan fingerprint density at radius 1 is 0.313 bits per heavy atom. The molecular formula is C61H108O6. The van der Waals surface area contributed by atoms with Crippen LogP contribution in [0.15, 0.2) is 60.8 Å².